The van der Waals surface area contributed by atoms with Gasteiger partial charge in [0.2, 0.25) is 5.91 Å². The van der Waals surface area contributed by atoms with Crippen molar-refractivity contribution in [2.45, 2.75) is 57.0 Å². The van der Waals surface area contributed by atoms with Crippen LogP contribution in [0.1, 0.15) is 62.3 Å². The quantitative estimate of drug-likeness (QED) is 0.350. The van der Waals surface area contributed by atoms with Gasteiger partial charge in [0.25, 0.3) is 0 Å². The van der Waals surface area contributed by atoms with Crippen LogP contribution in [0, 0.1) is 17.2 Å². The standard InChI is InChI=1S/C32H37N3O/c1-25(2)32(24-33,28-18-10-5-11-19-28)21-13-22-34-31(36)29-20-12-23-35(29)30(26-14-6-3-7-15-26)27-16-8-4-9-17-27/h3-11,14-19,25,29-30H,12-13,20-23H2,1-2H3,(H,34,36)/t29-,32?/m0/s1. The van der Waals surface area contributed by atoms with Crippen molar-refractivity contribution < 1.29 is 4.79 Å². The molecular weight excluding hydrogens is 442 g/mol. The summed E-state index contributed by atoms with van der Waals surface area (Å²) in [4.78, 5) is 15.8. The Bertz CT molecular complexity index is 1100. The number of likely N-dealkylation sites (tertiary alicyclic amines) is 1. The van der Waals surface area contributed by atoms with Crippen molar-refractivity contribution in [1.29, 1.82) is 5.26 Å². The lowest BCUT2D eigenvalue weighted by atomic mass is 9.70. The van der Waals surface area contributed by atoms with Crippen LogP contribution in [0.2, 0.25) is 0 Å². The molecule has 1 aliphatic heterocycles. The molecular formula is C32H37N3O. The summed E-state index contributed by atoms with van der Waals surface area (Å²) in [5.74, 6) is 0.277. The molecule has 0 bridgehead atoms. The minimum absolute atomic E-state index is 0.0518. The molecule has 4 heteroatoms. The van der Waals surface area contributed by atoms with E-state index in [1.54, 1.807) is 0 Å². The molecule has 0 aromatic heterocycles. The summed E-state index contributed by atoms with van der Waals surface area (Å²) in [6.07, 6.45) is 3.35. The molecule has 36 heavy (non-hydrogen) atoms. The van der Waals surface area contributed by atoms with Crippen molar-refractivity contribution in [3.05, 3.63) is 108 Å². The van der Waals surface area contributed by atoms with Crippen molar-refractivity contribution in [1.82, 2.24) is 10.2 Å². The highest BCUT2D eigenvalue weighted by Crippen LogP contribution is 2.37. The third-order valence-electron chi connectivity index (χ3n) is 7.68. The SMILES string of the molecule is CC(C)C(C#N)(CCCNC(=O)[C@@H]1CCCN1C(c1ccccc1)c1ccccc1)c1ccccc1. The first-order valence-corrected chi connectivity index (χ1v) is 13.2. The number of hydrogen-bond donors (Lipinski definition) is 1. The molecule has 0 saturated carbocycles. The maximum atomic E-state index is 13.4. The third kappa shape index (κ3) is 5.53. The van der Waals surface area contributed by atoms with Crippen LogP contribution in [0.4, 0.5) is 0 Å². The summed E-state index contributed by atoms with van der Waals surface area (Å²) in [5.41, 5.74) is 2.94. The fraction of sp³-hybridized carbons (Fsp3) is 0.375. The molecule has 1 saturated heterocycles. The van der Waals surface area contributed by atoms with Gasteiger partial charge < -0.3 is 5.32 Å². The van der Waals surface area contributed by atoms with Gasteiger partial charge in [-0.05, 0) is 54.8 Å². The molecule has 0 spiro atoms. The van der Waals surface area contributed by atoms with E-state index in [0.717, 1.165) is 37.8 Å². The Labute approximate surface area is 216 Å². The lowest BCUT2D eigenvalue weighted by Gasteiger charge is -2.33. The van der Waals surface area contributed by atoms with E-state index in [0.29, 0.717) is 6.54 Å². The van der Waals surface area contributed by atoms with Gasteiger partial charge in [0.05, 0.1) is 23.6 Å². The lowest BCUT2D eigenvalue weighted by molar-refractivity contribution is -0.126. The second-order valence-electron chi connectivity index (χ2n) is 10.1. The highest BCUT2D eigenvalue weighted by molar-refractivity contribution is 5.82. The molecule has 1 fully saturated rings. The van der Waals surface area contributed by atoms with Crippen molar-refractivity contribution >= 4 is 5.91 Å². The van der Waals surface area contributed by atoms with E-state index < -0.39 is 5.41 Å². The van der Waals surface area contributed by atoms with Crippen molar-refractivity contribution in [3.63, 3.8) is 0 Å². The first-order chi connectivity index (χ1) is 17.6. The van der Waals surface area contributed by atoms with Crippen LogP contribution in [0.5, 0.6) is 0 Å². The minimum atomic E-state index is -0.545. The maximum Gasteiger partial charge on any atom is 0.237 e. The van der Waals surface area contributed by atoms with Gasteiger partial charge in [0, 0.05) is 6.54 Å². The zero-order valence-electron chi connectivity index (χ0n) is 21.4. The van der Waals surface area contributed by atoms with Crippen molar-refractivity contribution in [2.75, 3.05) is 13.1 Å². The van der Waals surface area contributed by atoms with Gasteiger partial charge in [-0.2, -0.15) is 5.26 Å². The number of carbonyl (C=O) groups excluding carboxylic acids is 1. The summed E-state index contributed by atoms with van der Waals surface area (Å²) < 4.78 is 0. The number of amides is 1. The molecule has 1 aliphatic rings. The Morgan fingerprint density at radius 1 is 0.972 bits per heavy atom. The zero-order valence-corrected chi connectivity index (χ0v) is 21.4. The average molecular weight is 480 g/mol. The van der Waals surface area contributed by atoms with E-state index in [-0.39, 0.29) is 23.9 Å². The van der Waals surface area contributed by atoms with Gasteiger partial charge in [-0.15, -0.1) is 0 Å². The summed E-state index contributed by atoms with van der Waals surface area (Å²) >= 11 is 0. The molecule has 186 valence electrons. The largest absolute Gasteiger partial charge is 0.355 e. The molecule has 0 aliphatic carbocycles. The van der Waals surface area contributed by atoms with Crippen LogP contribution in [-0.4, -0.2) is 29.9 Å². The molecule has 3 aromatic rings. The summed E-state index contributed by atoms with van der Waals surface area (Å²) in [5, 5.41) is 13.4. The average Bonchev–Trinajstić information content (AvgIpc) is 3.40. The molecule has 1 heterocycles. The van der Waals surface area contributed by atoms with Crippen LogP contribution in [-0.2, 0) is 10.2 Å². The second-order valence-corrected chi connectivity index (χ2v) is 10.1. The highest BCUT2D eigenvalue weighted by atomic mass is 16.2. The van der Waals surface area contributed by atoms with Gasteiger partial charge in [-0.3, -0.25) is 9.69 Å². The summed E-state index contributed by atoms with van der Waals surface area (Å²) in [6.45, 7) is 5.69. The van der Waals surface area contributed by atoms with E-state index in [1.807, 2.05) is 42.5 Å². The smallest absolute Gasteiger partial charge is 0.237 e. The minimum Gasteiger partial charge on any atom is -0.355 e. The van der Waals surface area contributed by atoms with Crippen LogP contribution >= 0.6 is 0 Å². The van der Waals surface area contributed by atoms with Gasteiger partial charge in [0.1, 0.15) is 0 Å². The molecule has 4 rings (SSSR count). The highest BCUT2D eigenvalue weighted by Gasteiger charge is 2.38. The predicted molar refractivity (Wildman–Crippen MR) is 145 cm³/mol. The molecule has 2 atom stereocenters. The van der Waals surface area contributed by atoms with Gasteiger partial charge in [0.15, 0.2) is 0 Å². The Hall–Kier alpha value is -3.42. The van der Waals surface area contributed by atoms with E-state index in [1.165, 1.54) is 11.1 Å². The number of rotatable bonds is 10. The first-order valence-electron chi connectivity index (χ1n) is 13.2. The Morgan fingerprint density at radius 2 is 1.53 bits per heavy atom. The molecule has 0 radical (unpaired) electrons. The molecule has 1 unspecified atom stereocenters. The van der Waals surface area contributed by atoms with E-state index in [9.17, 15) is 10.1 Å². The fourth-order valence-electron chi connectivity index (χ4n) is 5.67. The van der Waals surface area contributed by atoms with Crippen LogP contribution in [0.15, 0.2) is 91.0 Å². The van der Waals surface area contributed by atoms with Gasteiger partial charge in [-0.1, -0.05) is 105 Å². The van der Waals surface area contributed by atoms with E-state index in [4.69, 9.17) is 0 Å². The Balaban J connectivity index is 1.44. The van der Waals surface area contributed by atoms with E-state index >= 15 is 0 Å². The van der Waals surface area contributed by atoms with Crippen molar-refractivity contribution in [2.24, 2.45) is 5.92 Å². The van der Waals surface area contributed by atoms with Crippen LogP contribution in [0.3, 0.4) is 0 Å². The Kier molecular flexibility index (Phi) is 8.57. The molecule has 1 amide bonds. The number of nitrogens with one attached hydrogen (secondary N) is 1. The Morgan fingerprint density at radius 3 is 2.06 bits per heavy atom. The van der Waals surface area contributed by atoms with Crippen molar-refractivity contribution in [3.8, 4) is 6.07 Å². The number of hydrogen-bond acceptors (Lipinski definition) is 3. The summed E-state index contributed by atoms with van der Waals surface area (Å²) in [6, 6.07) is 33.5. The monoisotopic (exact) mass is 479 g/mol. The molecule has 3 aromatic carbocycles. The fourth-order valence-corrected chi connectivity index (χ4v) is 5.67. The topological polar surface area (TPSA) is 56.1 Å². The molecule has 4 nitrogen and oxygen atoms in total. The first kappa shape index (κ1) is 25.7. The molecule has 1 N–H and O–H groups in total. The van der Waals surface area contributed by atoms with Gasteiger partial charge in [-0.25, -0.2) is 0 Å². The zero-order chi connectivity index (χ0) is 25.4. The maximum absolute atomic E-state index is 13.4. The van der Waals surface area contributed by atoms with Crippen LogP contribution in [0.25, 0.3) is 0 Å². The number of nitriles is 1. The lowest BCUT2D eigenvalue weighted by Crippen LogP contribution is -2.45. The number of carbonyl (C=O) groups is 1. The van der Waals surface area contributed by atoms with Crippen LogP contribution < -0.4 is 5.32 Å². The predicted octanol–water partition coefficient (Wildman–Crippen LogP) is 6.25. The number of nitrogens with zero attached hydrogens (tertiary/aromatic N) is 2. The number of benzene rings is 3. The third-order valence-corrected chi connectivity index (χ3v) is 7.68. The van der Waals surface area contributed by atoms with Gasteiger partial charge >= 0.3 is 0 Å². The van der Waals surface area contributed by atoms with E-state index in [2.05, 4.69) is 78.7 Å². The summed E-state index contributed by atoms with van der Waals surface area (Å²) in [7, 11) is 0. The second kappa shape index (κ2) is 12.0. The normalized spacial score (nSPS) is 17.6.